The van der Waals surface area contributed by atoms with Crippen molar-refractivity contribution in [3.05, 3.63) is 52.2 Å². The van der Waals surface area contributed by atoms with E-state index in [-0.39, 0.29) is 11.2 Å². The van der Waals surface area contributed by atoms with Gasteiger partial charge in [-0.15, -0.1) is 0 Å². The van der Waals surface area contributed by atoms with Gasteiger partial charge in [-0.25, -0.2) is 4.98 Å². The Bertz CT molecular complexity index is 917. The van der Waals surface area contributed by atoms with Crippen molar-refractivity contribution < 1.29 is 4.79 Å². The molecule has 1 amide bonds. The molecule has 1 atom stereocenters. The topological polar surface area (TPSA) is 65.8 Å². The zero-order chi connectivity index (χ0) is 20.1. The Morgan fingerprint density at radius 1 is 1.29 bits per heavy atom. The summed E-state index contributed by atoms with van der Waals surface area (Å²) in [5.74, 6) is -0.0400. The summed E-state index contributed by atoms with van der Waals surface area (Å²) < 4.78 is 0. The molecular weight excluding hydrogens is 366 g/mol. The molecule has 28 heavy (non-hydrogen) atoms. The molecule has 1 aromatic heterocycles. The molecule has 0 saturated carbocycles. The molecule has 1 unspecified atom stereocenters. The molecule has 4 nitrogen and oxygen atoms in total. The fourth-order valence-electron chi connectivity index (χ4n) is 3.52. The second kappa shape index (κ2) is 9.25. The van der Waals surface area contributed by atoms with E-state index in [9.17, 15) is 10.1 Å². The fourth-order valence-corrected chi connectivity index (χ4v) is 4.51. The van der Waals surface area contributed by atoms with Crippen LogP contribution >= 0.6 is 11.8 Å². The third kappa shape index (κ3) is 4.56. The summed E-state index contributed by atoms with van der Waals surface area (Å²) in [4.78, 5) is 17.7. The van der Waals surface area contributed by atoms with Gasteiger partial charge in [-0.3, -0.25) is 4.79 Å². The van der Waals surface area contributed by atoms with E-state index in [2.05, 4.69) is 11.4 Å². The van der Waals surface area contributed by atoms with E-state index in [1.807, 2.05) is 45.0 Å². The summed E-state index contributed by atoms with van der Waals surface area (Å²) in [6.45, 7) is 6.05. The molecule has 0 bridgehead atoms. The van der Waals surface area contributed by atoms with Crippen LogP contribution < -0.4 is 5.32 Å². The molecular formula is C23H27N3OS. The minimum atomic E-state index is -0.289. The monoisotopic (exact) mass is 393 g/mol. The standard InChI is InChI=1S/C23H27N3OS/c1-4-21(22(27)25-19-12-8-9-15(2)16(19)3)28-23-18(14-24)13-17-10-6-5-7-11-20(17)26-23/h8-9,12-13,21H,4-7,10-11H2,1-3H3,(H,25,27). The number of hydrogen-bond donors (Lipinski definition) is 1. The normalized spacial score (nSPS) is 14.5. The number of aromatic nitrogens is 1. The zero-order valence-corrected chi connectivity index (χ0v) is 17.7. The number of fused-ring (bicyclic) bond motifs is 1. The van der Waals surface area contributed by atoms with Crippen LogP contribution in [-0.2, 0) is 17.6 Å². The maximum Gasteiger partial charge on any atom is 0.237 e. The quantitative estimate of drug-likeness (QED) is 0.549. The van der Waals surface area contributed by atoms with Gasteiger partial charge in [0.05, 0.1) is 10.8 Å². The maximum atomic E-state index is 12.9. The van der Waals surface area contributed by atoms with E-state index in [0.717, 1.165) is 48.2 Å². The lowest BCUT2D eigenvalue weighted by molar-refractivity contribution is -0.115. The van der Waals surface area contributed by atoms with Gasteiger partial charge in [0.1, 0.15) is 11.1 Å². The number of anilines is 1. The molecule has 5 heteroatoms. The van der Waals surface area contributed by atoms with Gasteiger partial charge in [-0.1, -0.05) is 37.2 Å². The largest absolute Gasteiger partial charge is 0.325 e. The van der Waals surface area contributed by atoms with Gasteiger partial charge in [0.25, 0.3) is 0 Å². The van der Waals surface area contributed by atoms with E-state index < -0.39 is 0 Å². The highest BCUT2D eigenvalue weighted by molar-refractivity contribution is 8.00. The van der Waals surface area contributed by atoms with Crippen LogP contribution in [-0.4, -0.2) is 16.1 Å². The number of thioether (sulfide) groups is 1. The van der Waals surface area contributed by atoms with Crippen LogP contribution in [0.15, 0.2) is 29.3 Å². The predicted molar refractivity (Wildman–Crippen MR) is 115 cm³/mol. The van der Waals surface area contributed by atoms with E-state index >= 15 is 0 Å². The first-order valence-electron chi connectivity index (χ1n) is 10.00. The second-order valence-corrected chi connectivity index (χ2v) is 8.56. The van der Waals surface area contributed by atoms with Gasteiger partial charge in [0.2, 0.25) is 5.91 Å². The molecule has 1 aliphatic rings. The number of rotatable bonds is 5. The number of nitrogens with zero attached hydrogens (tertiary/aromatic N) is 2. The van der Waals surface area contributed by atoms with Crippen molar-refractivity contribution in [2.75, 3.05) is 5.32 Å². The van der Waals surface area contributed by atoms with Gasteiger partial charge in [-0.2, -0.15) is 5.26 Å². The molecule has 1 N–H and O–H groups in total. The Hall–Kier alpha value is -2.32. The molecule has 3 rings (SSSR count). The summed E-state index contributed by atoms with van der Waals surface area (Å²) in [6.07, 6.45) is 6.12. The average Bonchev–Trinajstić information content (AvgIpc) is 2.93. The van der Waals surface area contributed by atoms with Crippen molar-refractivity contribution in [1.29, 1.82) is 5.26 Å². The number of nitriles is 1. The third-order valence-electron chi connectivity index (χ3n) is 5.42. The van der Waals surface area contributed by atoms with Crippen LogP contribution in [0.2, 0.25) is 0 Å². The van der Waals surface area contributed by atoms with Crippen LogP contribution in [0.25, 0.3) is 0 Å². The second-order valence-electron chi connectivity index (χ2n) is 7.37. The Labute approximate surface area is 171 Å². The van der Waals surface area contributed by atoms with Crippen molar-refractivity contribution >= 4 is 23.4 Å². The Morgan fingerprint density at radius 3 is 2.82 bits per heavy atom. The number of hydrogen-bond acceptors (Lipinski definition) is 4. The third-order valence-corrected chi connectivity index (χ3v) is 6.78. The molecule has 1 aliphatic carbocycles. The van der Waals surface area contributed by atoms with E-state index in [4.69, 9.17) is 4.98 Å². The molecule has 0 saturated heterocycles. The molecule has 0 aliphatic heterocycles. The van der Waals surface area contributed by atoms with Crippen molar-refractivity contribution in [3.8, 4) is 6.07 Å². The number of benzene rings is 1. The Kier molecular flexibility index (Phi) is 6.74. The highest BCUT2D eigenvalue weighted by atomic mass is 32.2. The van der Waals surface area contributed by atoms with Crippen molar-refractivity contribution in [2.45, 2.75) is 69.6 Å². The van der Waals surface area contributed by atoms with Gasteiger partial charge < -0.3 is 5.32 Å². The zero-order valence-electron chi connectivity index (χ0n) is 16.8. The molecule has 0 spiro atoms. The number of pyridine rings is 1. The number of carbonyl (C=O) groups excluding carboxylic acids is 1. The van der Waals surface area contributed by atoms with Crippen LogP contribution in [0.1, 0.15) is 60.6 Å². The molecule has 1 heterocycles. The number of amides is 1. The number of aryl methyl sites for hydroxylation is 3. The van der Waals surface area contributed by atoms with E-state index in [1.165, 1.54) is 23.7 Å². The maximum absolute atomic E-state index is 12.9. The van der Waals surface area contributed by atoms with Gasteiger partial charge in [-0.05, 0) is 74.8 Å². The first-order chi connectivity index (χ1) is 13.5. The SMILES string of the molecule is CCC(Sc1nc2c(cc1C#N)CCCCC2)C(=O)Nc1cccc(C)c1C. The fraction of sp³-hybridized carbons (Fsp3) is 0.435. The van der Waals surface area contributed by atoms with E-state index in [1.54, 1.807) is 0 Å². The van der Waals surface area contributed by atoms with Crippen LogP contribution in [0.4, 0.5) is 5.69 Å². The summed E-state index contributed by atoms with van der Waals surface area (Å²) >= 11 is 1.41. The highest BCUT2D eigenvalue weighted by Crippen LogP contribution is 2.31. The number of carbonyl (C=O) groups is 1. The summed E-state index contributed by atoms with van der Waals surface area (Å²) in [5.41, 5.74) is 5.97. The molecule has 0 fully saturated rings. The van der Waals surface area contributed by atoms with Crippen LogP contribution in [0, 0.1) is 25.2 Å². The van der Waals surface area contributed by atoms with Gasteiger partial charge in [0.15, 0.2) is 0 Å². The number of nitrogens with one attached hydrogen (secondary N) is 1. The first-order valence-corrected chi connectivity index (χ1v) is 10.9. The van der Waals surface area contributed by atoms with Crippen LogP contribution in [0.3, 0.4) is 0 Å². The average molecular weight is 394 g/mol. The minimum absolute atomic E-state index is 0.0400. The summed E-state index contributed by atoms with van der Waals surface area (Å²) in [6, 6.07) is 10.2. The van der Waals surface area contributed by atoms with Crippen LogP contribution in [0.5, 0.6) is 0 Å². The van der Waals surface area contributed by atoms with Crippen molar-refractivity contribution in [3.63, 3.8) is 0 Å². The Morgan fingerprint density at radius 2 is 2.07 bits per heavy atom. The first kappa shape index (κ1) is 20.4. The lowest BCUT2D eigenvalue weighted by Crippen LogP contribution is -2.25. The van der Waals surface area contributed by atoms with E-state index in [0.29, 0.717) is 17.0 Å². The Balaban J connectivity index is 1.82. The lowest BCUT2D eigenvalue weighted by Gasteiger charge is -2.17. The minimum Gasteiger partial charge on any atom is -0.325 e. The molecule has 1 aromatic carbocycles. The molecule has 146 valence electrons. The smallest absolute Gasteiger partial charge is 0.237 e. The van der Waals surface area contributed by atoms with Gasteiger partial charge >= 0.3 is 0 Å². The summed E-state index contributed by atoms with van der Waals surface area (Å²) in [5, 5.41) is 13.1. The molecule has 0 radical (unpaired) electrons. The lowest BCUT2D eigenvalue weighted by atomic mass is 10.1. The highest BCUT2D eigenvalue weighted by Gasteiger charge is 2.23. The van der Waals surface area contributed by atoms with Crippen molar-refractivity contribution in [1.82, 2.24) is 4.98 Å². The van der Waals surface area contributed by atoms with Crippen molar-refractivity contribution in [2.24, 2.45) is 0 Å². The molecule has 2 aromatic rings. The predicted octanol–water partition coefficient (Wildman–Crippen LogP) is 5.35. The van der Waals surface area contributed by atoms with Gasteiger partial charge in [0, 0.05) is 11.4 Å². The summed E-state index contributed by atoms with van der Waals surface area (Å²) in [7, 11) is 0.